The highest BCUT2D eigenvalue weighted by atomic mass is 19.4. The van der Waals surface area contributed by atoms with Crippen LogP contribution in [0.5, 0.6) is 5.75 Å². The van der Waals surface area contributed by atoms with E-state index in [0.717, 1.165) is 6.07 Å². The van der Waals surface area contributed by atoms with Gasteiger partial charge in [-0.1, -0.05) is 0 Å². The van der Waals surface area contributed by atoms with Gasteiger partial charge in [-0.15, -0.1) is 0 Å². The summed E-state index contributed by atoms with van der Waals surface area (Å²) in [5.74, 6) is -1.05. The van der Waals surface area contributed by atoms with E-state index in [4.69, 9.17) is 10.5 Å². The molecule has 1 saturated carbocycles. The second kappa shape index (κ2) is 7.46. The van der Waals surface area contributed by atoms with Gasteiger partial charge in [0.1, 0.15) is 5.60 Å². The van der Waals surface area contributed by atoms with Crippen LogP contribution in [0.4, 0.5) is 23.7 Å². The number of carbonyl (C=O) groups excluding carboxylic acids is 1. The molecule has 27 heavy (non-hydrogen) atoms. The minimum atomic E-state index is -4.79. The van der Waals surface area contributed by atoms with Crippen LogP contribution >= 0.6 is 0 Å². The van der Waals surface area contributed by atoms with Gasteiger partial charge in [-0.25, -0.2) is 4.79 Å². The Kier molecular flexibility index (Phi) is 5.84. The van der Waals surface area contributed by atoms with Gasteiger partial charge in [0, 0.05) is 6.54 Å². The van der Waals surface area contributed by atoms with E-state index in [-0.39, 0.29) is 12.1 Å². The Morgan fingerprint density at radius 2 is 1.93 bits per heavy atom. The zero-order valence-electron chi connectivity index (χ0n) is 15.5. The van der Waals surface area contributed by atoms with Crippen LogP contribution in [0.3, 0.4) is 0 Å². The Balaban J connectivity index is 2.38. The fourth-order valence-electron chi connectivity index (χ4n) is 3.15. The predicted octanol–water partition coefficient (Wildman–Crippen LogP) is 3.64. The number of phenols is 1. The first-order chi connectivity index (χ1) is 12.3. The number of aliphatic hydroxyl groups excluding tert-OH is 1. The SMILES string of the molecule is CC(C)(C)OC(=O)N(Cc1cc(N)c(O)c(C(F)(F)F)c1)[C@H]1CCC[C@@H]1O. The molecule has 0 spiro atoms. The van der Waals surface area contributed by atoms with E-state index in [2.05, 4.69) is 0 Å². The average molecular weight is 390 g/mol. The van der Waals surface area contributed by atoms with Crippen LogP contribution in [0.15, 0.2) is 12.1 Å². The number of anilines is 1. The van der Waals surface area contributed by atoms with Gasteiger partial charge < -0.3 is 20.7 Å². The molecule has 1 amide bonds. The first-order valence-corrected chi connectivity index (χ1v) is 8.66. The largest absolute Gasteiger partial charge is 0.505 e. The Morgan fingerprint density at radius 1 is 1.30 bits per heavy atom. The fourth-order valence-corrected chi connectivity index (χ4v) is 3.15. The number of aliphatic hydroxyl groups is 1. The quantitative estimate of drug-likeness (QED) is 0.541. The number of nitrogen functional groups attached to an aromatic ring is 1. The Labute approximate surface area is 155 Å². The number of phenolic OH excluding ortho intramolecular Hbond substituents is 1. The molecule has 6 nitrogen and oxygen atoms in total. The molecule has 2 rings (SSSR count). The van der Waals surface area contributed by atoms with Crippen LogP contribution < -0.4 is 5.73 Å². The number of nitrogens with two attached hydrogens (primary N) is 1. The maximum Gasteiger partial charge on any atom is 0.420 e. The molecule has 1 aliphatic rings. The van der Waals surface area contributed by atoms with Crippen LogP contribution in [0.25, 0.3) is 0 Å². The number of hydrogen-bond donors (Lipinski definition) is 3. The smallest absolute Gasteiger partial charge is 0.420 e. The van der Waals surface area contributed by atoms with Crippen molar-refractivity contribution in [1.29, 1.82) is 0 Å². The van der Waals surface area contributed by atoms with E-state index in [0.29, 0.717) is 19.3 Å². The zero-order valence-corrected chi connectivity index (χ0v) is 15.5. The summed E-state index contributed by atoms with van der Waals surface area (Å²) in [6.45, 7) is 4.79. The minimum Gasteiger partial charge on any atom is -0.505 e. The van der Waals surface area contributed by atoms with E-state index >= 15 is 0 Å². The third-order valence-electron chi connectivity index (χ3n) is 4.33. The highest BCUT2D eigenvalue weighted by molar-refractivity contribution is 5.69. The Bertz CT molecular complexity index is 701. The first-order valence-electron chi connectivity index (χ1n) is 8.66. The second-order valence-corrected chi connectivity index (χ2v) is 7.75. The molecule has 0 aliphatic heterocycles. The van der Waals surface area contributed by atoms with Crippen molar-refractivity contribution in [2.45, 2.75) is 70.5 Å². The molecule has 9 heteroatoms. The summed E-state index contributed by atoms with van der Waals surface area (Å²) in [4.78, 5) is 13.9. The highest BCUT2D eigenvalue weighted by Crippen LogP contribution is 2.40. The van der Waals surface area contributed by atoms with Crippen LogP contribution in [-0.2, 0) is 17.5 Å². The summed E-state index contributed by atoms with van der Waals surface area (Å²) in [5, 5.41) is 19.8. The number of ether oxygens (including phenoxy) is 1. The average Bonchev–Trinajstić information content (AvgIpc) is 2.91. The summed E-state index contributed by atoms with van der Waals surface area (Å²) in [6.07, 6.45) is -4.60. The third-order valence-corrected chi connectivity index (χ3v) is 4.33. The van der Waals surface area contributed by atoms with Gasteiger partial charge in [-0.2, -0.15) is 13.2 Å². The molecule has 0 heterocycles. The lowest BCUT2D eigenvalue weighted by molar-refractivity contribution is -0.138. The number of nitrogens with zero attached hydrogens (tertiary/aromatic N) is 1. The summed E-state index contributed by atoms with van der Waals surface area (Å²) < 4.78 is 44.7. The monoisotopic (exact) mass is 390 g/mol. The number of hydrogen-bond acceptors (Lipinski definition) is 5. The minimum absolute atomic E-state index is 0.0857. The van der Waals surface area contributed by atoms with Crippen molar-refractivity contribution in [2.75, 3.05) is 5.73 Å². The molecule has 0 saturated heterocycles. The van der Waals surface area contributed by atoms with Crippen molar-refractivity contribution in [2.24, 2.45) is 0 Å². The lowest BCUT2D eigenvalue weighted by Gasteiger charge is -2.33. The van der Waals surface area contributed by atoms with Crippen molar-refractivity contribution in [1.82, 2.24) is 4.90 Å². The highest BCUT2D eigenvalue weighted by Gasteiger charge is 2.38. The van der Waals surface area contributed by atoms with Crippen molar-refractivity contribution in [3.63, 3.8) is 0 Å². The molecule has 1 fully saturated rings. The normalized spacial score (nSPS) is 20.6. The number of aromatic hydroxyl groups is 1. The lowest BCUT2D eigenvalue weighted by Crippen LogP contribution is -2.46. The number of halogens is 3. The molecule has 0 aromatic heterocycles. The molecule has 2 atom stereocenters. The van der Waals surface area contributed by atoms with Gasteiger partial charge in [0.05, 0.1) is 23.4 Å². The van der Waals surface area contributed by atoms with Crippen molar-refractivity contribution in [3.8, 4) is 5.75 Å². The molecular weight excluding hydrogens is 365 g/mol. The number of alkyl halides is 3. The van der Waals surface area contributed by atoms with Crippen LogP contribution in [-0.4, -0.2) is 39.0 Å². The maximum absolute atomic E-state index is 13.1. The molecule has 0 unspecified atom stereocenters. The summed E-state index contributed by atoms with van der Waals surface area (Å²) in [5.41, 5.74) is 3.10. The first kappa shape index (κ1) is 21.1. The summed E-state index contributed by atoms with van der Waals surface area (Å²) >= 11 is 0. The molecule has 4 N–H and O–H groups in total. The summed E-state index contributed by atoms with van der Waals surface area (Å²) in [7, 11) is 0. The van der Waals surface area contributed by atoms with Gasteiger partial charge in [0.25, 0.3) is 0 Å². The lowest BCUT2D eigenvalue weighted by atomic mass is 10.1. The second-order valence-electron chi connectivity index (χ2n) is 7.75. The van der Waals surface area contributed by atoms with Gasteiger partial charge in [-0.05, 0) is 57.7 Å². The van der Waals surface area contributed by atoms with E-state index in [1.54, 1.807) is 20.8 Å². The molecule has 1 aromatic carbocycles. The molecule has 1 aliphatic carbocycles. The zero-order chi connectivity index (χ0) is 20.6. The maximum atomic E-state index is 13.1. The van der Waals surface area contributed by atoms with Crippen molar-refractivity contribution in [3.05, 3.63) is 23.3 Å². The topological polar surface area (TPSA) is 96.0 Å². The van der Waals surface area contributed by atoms with Crippen molar-refractivity contribution >= 4 is 11.8 Å². The van der Waals surface area contributed by atoms with Crippen LogP contribution in [0, 0.1) is 0 Å². The molecule has 1 aromatic rings. The number of amides is 1. The van der Waals surface area contributed by atoms with E-state index in [1.807, 2.05) is 0 Å². The van der Waals surface area contributed by atoms with Gasteiger partial charge in [0.15, 0.2) is 5.75 Å². The Morgan fingerprint density at radius 3 is 2.41 bits per heavy atom. The van der Waals surface area contributed by atoms with Crippen molar-refractivity contribution < 1.29 is 32.9 Å². The third kappa shape index (κ3) is 5.18. The number of benzene rings is 1. The molecule has 152 valence electrons. The van der Waals surface area contributed by atoms with Gasteiger partial charge in [-0.3, -0.25) is 4.90 Å². The van der Waals surface area contributed by atoms with E-state index < -0.39 is 47.0 Å². The van der Waals surface area contributed by atoms with E-state index in [1.165, 1.54) is 11.0 Å². The fraction of sp³-hybridized carbons (Fsp3) is 0.611. The van der Waals surface area contributed by atoms with E-state index in [9.17, 15) is 28.2 Å². The molecule has 0 bridgehead atoms. The molecule has 0 radical (unpaired) electrons. The predicted molar refractivity (Wildman–Crippen MR) is 92.9 cm³/mol. The van der Waals surface area contributed by atoms with Gasteiger partial charge >= 0.3 is 12.3 Å². The number of carbonyl (C=O) groups is 1. The summed E-state index contributed by atoms with van der Waals surface area (Å²) in [6, 6.07) is 1.37. The molecular formula is C18H25F3N2O4. The Hall–Kier alpha value is -2.16. The van der Waals surface area contributed by atoms with Crippen LogP contribution in [0.2, 0.25) is 0 Å². The standard InChI is InChI=1S/C18H25F3N2O4/c1-17(2,3)27-16(26)23(13-5-4-6-14(13)24)9-10-7-11(18(19,20)21)15(25)12(22)8-10/h7-8,13-14,24-25H,4-6,9,22H2,1-3H3/t13-,14-/m0/s1. The number of rotatable bonds is 3. The van der Waals surface area contributed by atoms with Gasteiger partial charge in [0.2, 0.25) is 0 Å². The van der Waals surface area contributed by atoms with Crippen LogP contribution in [0.1, 0.15) is 51.2 Å².